The minimum Gasteiger partial charge on any atom is -0.303 e. The number of halogens is 2. The summed E-state index contributed by atoms with van der Waals surface area (Å²) in [7, 11) is -4.17. The third-order valence-electron chi connectivity index (χ3n) is 3.58. The summed E-state index contributed by atoms with van der Waals surface area (Å²) >= 11 is 0. The van der Waals surface area contributed by atoms with Crippen molar-refractivity contribution >= 4 is 10.0 Å². The summed E-state index contributed by atoms with van der Waals surface area (Å²) in [4.78, 5) is 1.36. The first-order valence-electron chi connectivity index (χ1n) is 7.06. The Morgan fingerprint density at radius 1 is 1.24 bits per heavy atom. The Hall–Kier alpha value is -1.05. The number of hydrogen-bond donors (Lipinski definition) is 1. The largest absolute Gasteiger partial charge is 0.303 e. The van der Waals surface area contributed by atoms with Crippen LogP contribution < -0.4 is 4.72 Å². The van der Waals surface area contributed by atoms with Crippen LogP contribution in [0, 0.1) is 17.6 Å². The monoisotopic (exact) mass is 318 g/mol. The maximum Gasteiger partial charge on any atom is 0.246 e. The van der Waals surface area contributed by atoms with Crippen LogP contribution in [0.25, 0.3) is 0 Å². The van der Waals surface area contributed by atoms with Crippen LogP contribution in [0.4, 0.5) is 8.78 Å². The molecule has 0 saturated carbocycles. The molecular weight excluding hydrogens is 298 g/mol. The fraction of sp³-hybridized carbons (Fsp3) is 0.571. The van der Waals surface area contributed by atoms with Gasteiger partial charge in [0.25, 0.3) is 0 Å². The third-order valence-corrected chi connectivity index (χ3v) is 5.05. The van der Waals surface area contributed by atoms with Gasteiger partial charge in [-0.3, -0.25) is 0 Å². The smallest absolute Gasteiger partial charge is 0.246 e. The fourth-order valence-corrected chi connectivity index (χ4v) is 3.83. The molecule has 1 aliphatic heterocycles. The molecule has 1 unspecified atom stereocenters. The van der Waals surface area contributed by atoms with Crippen molar-refractivity contribution in [3.05, 3.63) is 29.8 Å². The van der Waals surface area contributed by atoms with Gasteiger partial charge >= 0.3 is 0 Å². The lowest BCUT2D eigenvalue weighted by atomic mass is 10.2. The quantitative estimate of drug-likeness (QED) is 0.872. The average Bonchev–Trinajstić information content (AvgIpc) is 2.89. The molecule has 118 valence electrons. The molecule has 1 fully saturated rings. The van der Waals surface area contributed by atoms with Crippen molar-refractivity contribution in [2.24, 2.45) is 5.92 Å². The second kappa shape index (κ2) is 6.81. The Kier molecular flexibility index (Phi) is 5.29. The number of nitrogens with one attached hydrogen (secondary N) is 1. The number of hydrogen-bond acceptors (Lipinski definition) is 3. The fourth-order valence-electron chi connectivity index (χ4n) is 2.53. The standard InChI is InChI=1S/C14H20F2N2O2S/c1-11(10-18-7-2-3-8-18)9-17-21(19,20)14-12(15)5-4-6-13(14)16/h4-6,11,17H,2-3,7-10H2,1H3. The van der Waals surface area contributed by atoms with Crippen LogP contribution in [0.2, 0.25) is 0 Å². The first-order valence-corrected chi connectivity index (χ1v) is 8.54. The third kappa shape index (κ3) is 4.21. The highest BCUT2D eigenvalue weighted by atomic mass is 32.2. The maximum atomic E-state index is 13.5. The Balaban J connectivity index is 1.97. The Labute approximate surface area is 124 Å². The molecule has 0 spiro atoms. The zero-order chi connectivity index (χ0) is 15.5. The van der Waals surface area contributed by atoms with Crippen molar-refractivity contribution < 1.29 is 17.2 Å². The molecule has 0 aromatic heterocycles. The first-order chi connectivity index (χ1) is 9.90. The van der Waals surface area contributed by atoms with E-state index in [2.05, 4.69) is 9.62 Å². The van der Waals surface area contributed by atoms with Gasteiger partial charge in [0.05, 0.1) is 0 Å². The van der Waals surface area contributed by atoms with Crippen LogP contribution >= 0.6 is 0 Å². The highest BCUT2D eigenvalue weighted by molar-refractivity contribution is 7.89. The lowest BCUT2D eigenvalue weighted by Crippen LogP contribution is -2.35. The molecule has 1 saturated heterocycles. The van der Waals surface area contributed by atoms with Crippen molar-refractivity contribution in [1.82, 2.24) is 9.62 Å². The van der Waals surface area contributed by atoms with Crippen molar-refractivity contribution in [2.45, 2.75) is 24.7 Å². The van der Waals surface area contributed by atoms with E-state index in [-0.39, 0.29) is 12.5 Å². The van der Waals surface area contributed by atoms with Crippen molar-refractivity contribution in [3.63, 3.8) is 0 Å². The van der Waals surface area contributed by atoms with E-state index in [0.717, 1.165) is 37.8 Å². The average molecular weight is 318 g/mol. The van der Waals surface area contributed by atoms with E-state index >= 15 is 0 Å². The number of nitrogens with zero attached hydrogens (tertiary/aromatic N) is 1. The van der Waals surface area contributed by atoms with Gasteiger partial charge in [-0.25, -0.2) is 21.9 Å². The molecule has 4 nitrogen and oxygen atoms in total. The Morgan fingerprint density at radius 3 is 2.38 bits per heavy atom. The zero-order valence-electron chi connectivity index (χ0n) is 12.0. The highest BCUT2D eigenvalue weighted by Crippen LogP contribution is 2.18. The molecule has 1 heterocycles. The molecule has 0 amide bonds. The van der Waals surface area contributed by atoms with Gasteiger partial charge in [-0.15, -0.1) is 0 Å². The number of rotatable bonds is 6. The lowest BCUT2D eigenvalue weighted by molar-refractivity contribution is 0.288. The van der Waals surface area contributed by atoms with Gasteiger partial charge in [0, 0.05) is 13.1 Å². The lowest BCUT2D eigenvalue weighted by Gasteiger charge is -2.20. The molecule has 1 aromatic rings. The number of sulfonamides is 1. The summed E-state index contributed by atoms with van der Waals surface area (Å²) in [5, 5.41) is 0. The summed E-state index contributed by atoms with van der Waals surface area (Å²) in [5.74, 6) is -2.07. The Morgan fingerprint density at radius 2 is 1.81 bits per heavy atom. The Bertz CT molecular complexity index is 566. The molecule has 1 N–H and O–H groups in total. The summed E-state index contributed by atoms with van der Waals surface area (Å²) < 4.78 is 53.4. The van der Waals surface area contributed by atoms with Crippen LogP contribution in [0.15, 0.2) is 23.1 Å². The van der Waals surface area contributed by atoms with E-state index in [1.807, 2.05) is 6.92 Å². The van der Waals surface area contributed by atoms with E-state index in [9.17, 15) is 17.2 Å². The molecule has 1 aromatic carbocycles. The van der Waals surface area contributed by atoms with E-state index in [4.69, 9.17) is 0 Å². The van der Waals surface area contributed by atoms with Crippen LogP contribution in [0.5, 0.6) is 0 Å². The first kappa shape index (κ1) is 16.3. The van der Waals surface area contributed by atoms with Crippen LogP contribution in [-0.2, 0) is 10.0 Å². The van der Waals surface area contributed by atoms with Crippen LogP contribution in [0.1, 0.15) is 19.8 Å². The number of benzene rings is 1. The molecular formula is C14H20F2N2O2S. The predicted molar refractivity (Wildman–Crippen MR) is 76.4 cm³/mol. The topological polar surface area (TPSA) is 49.4 Å². The molecule has 2 rings (SSSR count). The molecule has 1 aliphatic rings. The molecule has 0 bridgehead atoms. The second-order valence-electron chi connectivity index (χ2n) is 5.52. The summed E-state index contributed by atoms with van der Waals surface area (Å²) in [6, 6.07) is 3.01. The van der Waals surface area contributed by atoms with E-state index < -0.39 is 26.6 Å². The van der Waals surface area contributed by atoms with Crippen molar-refractivity contribution in [2.75, 3.05) is 26.2 Å². The SMILES string of the molecule is CC(CNS(=O)(=O)c1c(F)cccc1F)CN1CCCC1. The predicted octanol–water partition coefficient (Wildman–Crippen LogP) is 1.98. The van der Waals surface area contributed by atoms with Gasteiger partial charge < -0.3 is 4.90 Å². The summed E-state index contributed by atoms with van der Waals surface area (Å²) in [5.41, 5.74) is 0. The van der Waals surface area contributed by atoms with E-state index in [1.54, 1.807) is 0 Å². The van der Waals surface area contributed by atoms with Crippen molar-refractivity contribution in [1.29, 1.82) is 0 Å². The van der Waals surface area contributed by atoms with E-state index in [0.29, 0.717) is 0 Å². The van der Waals surface area contributed by atoms with Crippen molar-refractivity contribution in [3.8, 4) is 0 Å². The molecule has 0 aliphatic carbocycles. The van der Waals surface area contributed by atoms with Gasteiger partial charge in [-0.1, -0.05) is 13.0 Å². The molecule has 1 atom stereocenters. The second-order valence-corrected chi connectivity index (χ2v) is 7.22. The summed E-state index contributed by atoms with van der Waals surface area (Å²) in [6.45, 7) is 4.91. The van der Waals surface area contributed by atoms with E-state index in [1.165, 1.54) is 12.8 Å². The highest BCUT2D eigenvalue weighted by Gasteiger charge is 2.24. The number of likely N-dealkylation sites (tertiary alicyclic amines) is 1. The van der Waals surface area contributed by atoms with Gasteiger partial charge in [0.1, 0.15) is 11.6 Å². The minimum absolute atomic E-state index is 0.0766. The summed E-state index contributed by atoms with van der Waals surface area (Å²) in [6.07, 6.45) is 2.33. The minimum atomic E-state index is -4.17. The molecule has 21 heavy (non-hydrogen) atoms. The zero-order valence-corrected chi connectivity index (χ0v) is 12.8. The van der Waals surface area contributed by atoms with Gasteiger partial charge in [-0.05, 0) is 44.0 Å². The molecule has 7 heteroatoms. The van der Waals surface area contributed by atoms with Crippen LogP contribution in [0.3, 0.4) is 0 Å². The maximum absolute atomic E-state index is 13.5. The molecule has 0 radical (unpaired) electrons. The van der Waals surface area contributed by atoms with Gasteiger partial charge in [0.2, 0.25) is 10.0 Å². The van der Waals surface area contributed by atoms with Gasteiger partial charge in [0.15, 0.2) is 4.90 Å². The normalized spacial score (nSPS) is 18.0. The van der Waals surface area contributed by atoms with Gasteiger partial charge in [-0.2, -0.15) is 0 Å². The van der Waals surface area contributed by atoms with Crippen LogP contribution in [-0.4, -0.2) is 39.5 Å².